The van der Waals surface area contributed by atoms with Crippen LogP contribution in [-0.4, -0.2) is 41.8 Å². The van der Waals surface area contributed by atoms with Crippen molar-refractivity contribution in [3.8, 4) is 0 Å². The summed E-state index contributed by atoms with van der Waals surface area (Å²) in [5.41, 5.74) is 0. The largest absolute Gasteiger partial charge is 0.393 e. The van der Waals surface area contributed by atoms with E-state index in [0.29, 0.717) is 12.5 Å². The number of amides is 2. The van der Waals surface area contributed by atoms with Gasteiger partial charge in [-0.05, 0) is 38.5 Å². The van der Waals surface area contributed by atoms with E-state index in [-0.39, 0.29) is 24.1 Å². The Bertz CT molecular complexity index is 305. The molecule has 0 unspecified atom stereocenters. The van der Waals surface area contributed by atoms with Gasteiger partial charge >= 0.3 is 6.03 Å². The molecule has 2 aliphatic rings. The zero-order chi connectivity index (χ0) is 13.8. The molecule has 0 aromatic rings. The highest BCUT2D eigenvalue weighted by molar-refractivity contribution is 5.74. The van der Waals surface area contributed by atoms with E-state index in [1.165, 1.54) is 25.7 Å². The maximum atomic E-state index is 12.1. The van der Waals surface area contributed by atoms with Crippen LogP contribution in [0.1, 0.15) is 51.9 Å². The van der Waals surface area contributed by atoms with Gasteiger partial charge in [0.25, 0.3) is 0 Å². The van der Waals surface area contributed by atoms with Crippen molar-refractivity contribution in [3.05, 3.63) is 0 Å². The van der Waals surface area contributed by atoms with Crippen LogP contribution < -0.4 is 5.32 Å². The van der Waals surface area contributed by atoms with Crippen LogP contribution in [0.5, 0.6) is 0 Å². The van der Waals surface area contributed by atoms with Gasteiger partial charge in [-0.15, -0.1) is 0 Å². The molecule has 4 heteroatoms. The Labute approximate surface area is 116 Å². The van der Waals surface area contributed by atoms with Crippen LogP contribution in [0.25, 0.3) is 0 Å². The average molecular weight is 268 g/mol. The number of nitrogens with zero attached hydrogens (tertiary/aromatic N) is 1. The Kier molecular flexibility index (Phi) is 5.08. The summed E-state index contributed by atoms with van der Waals surface area (Å²) in [7, 11) is 1.84. The summed E-state index contributed by atoms with van der Waals surface area (Å²) in [5.74, 6) is 0.918. The minimum Gasteiger partial charge on any atom is -0.393 e. The number of aliphatic hydroxyl groups is 1. The summed E-state index contributed by atoms with van der Waals surface area (Å²) in [6.45, 7) is 2.77. The standard InChI is InChI=1S/C15H28N2O2/c1-11(12-7-5-8-12)16-15(19)17(2)10-13-6-3-4-9-14(13)18/h11-14,18H,3-10H2,1-2H3,(H,16,19)/t11-,13-,14+/m0/s1. The first-order chi connectivity index (χ1) is 9.08. The van der Waals surface area contributed by atoms with Crippen LogP contribution in [0.15, 0.2) is 0 Å². The predicted octanol–water partition coefficient (Wildman–Crippen LogP) is 2.37. The summed E-state index contributed by atoms with van der Waals surface area (Å²) >= 11 is 0. The van der Waals surface area contributed by atoms with Crippen molar-refractivity contribution in [3.63, 3.8) is 0 Å². The predicted molar refractivity (Wildman–Crippen MR) is 75.9 cm³/mol. The van der Waals surface area contributed by atoms with Gasteiger partial charge < -0.3 is 15.3 Å². The van der Waals surface area contributed by atoms with Gasteiger partial charge in [0.15, 0.2) is 0 Å². The summed E-state index contributed by atoms with van der Waals surface area (Å²) < 4.78 is 0. The zero-order valence-corrected chi connectivity index (χ0v) is 12.3. The van der Waals surface area contributed by atoms with E-state index < -0.39 is 0 Å². The fraction of sp³-hybridized carbons (Fsp3) is 0.933. The summed E-state index contributed by atoms with van der Waals surface area (Å²) in [6, 6.07) is 0.289. The molecule has 0 bridgehead atoms. The van der Waals surface area contributed by atoms with Crippen LogP contribution in [-0.2, 0) is 0 Å². The van der Waals surface area contributed by atoms with Crippen molar-refractivity contribution in [2.24, 2.45) is 11.8 Å². The molecule has 2 aliphatic carbocycles. The second-order valence-corrected chi connectivity index (χ2v) is 6.42. The SMILES string of the molecule is C[C@H](NC(=O)N(C)C[C@@H]1CCCC[C@H]1O)C1CCC1. The molecule has 19 heavy (non-hydrogen) atoms. The maximum Gasteiger partial charge on any atom is 0.317 e. The second kappa shape index (κ2) is 6.60. The fourth-order valence-corrected chi connectivity index (χ4v) is 3.20. The van der Waals surface area contributed by atoms with Crippen molar-refractivity contribution in [1.29, 1.82) is 0 Å². The number of nitrogens with one attached hydrogen (secondary N) is 1. The minimum atomic E-state index is -0.229. The van der Waals surface area contributed by atoms with Gasteiger partial charge in [0, 0.05) is 25.6 Å². The van der Waals surface area contributed by atoms with E-state index in [2.05, 4.69) is 12.2 Å². The Morgan fingerprint density at radius 2 is 1.95 bits per heavy atom. The molecule has 4 nitrogen and oxygen atoms in total. The van der Waals surface area contributed by atoms with Gasteiger partial charge in [-0.3, -0.25) is 0 Å². The first-order valence-corrected chi connectivity index (χ1v) is 7.77. The topological polar surface area (TPSA) is 52.6 Å². The third kappa shape index (κ3) is 3.85. The van der Waals surface area contributed by atoms with E-state index in [1.807, 2.05) is 7.05 Å². The van der Waals surface area contributed by atoms with E-state index in [1.54, 1.807) is 4.90 Å². The van der Waals surface area contributed by atoms with Crippen molar-refractivity contribution < 1.29 is 9.90 Å². The molecular weight excluding hydrogens is 240 g/mol. The van der Waals surface area contributed by atoms with Crippen LogP contribution in [0.4, 0.5) is 4.79 Å². The molecule has 3 atom stereocenters. The molecular formula is C15H28N2O2. The van der Waals surface area contributed by atoms with Crippen LogP contribution in [0.2, 0.25) is 0 Å². The van der Waals surface area contributed by atoms with Crippen molar-refractivity contribution in [2.45, 2.75) is 64.0 Å². The van der Waals surface area contributed by atoms with E-state index in [0.717, 1.165) is 19.3 Å². The van der Waals surface area contributed by atoms with Gasteiger partial charge in [0.05, 0.1) is 6.10 Å². The smallest absolute Gasteiger partial charge is 0.317 e. The number of aliphatic hydroxyl groups excluding tert-OH is 1. The number of hydrogen-bond acceptors (Lipinski definition) is 2. The highest BCUT2D eigenvalue weighted by Crippen LogP contribution is 2.29. The molecule has 0 saturated heterocycles. The lowest BCUT2D eigenvalue weighted by molar-refractivity contribution is 0.0559. The molecule has 0 aliphatic heterocycles. The van der Waals surface area contributed by atoms with Gasteiger partial charge in [0.2, 0.25) is 0 Å². The Balaban J connectivity index is 1.74. The Morgan fingerprint density at radius 1 is 1.26 bits per heavy atom. The summed E-state index contributed by atoms with van der Waals surface area (Å²) in [4.78, 5) is 13.9. The lowest BCUT2D eigenvalue weighted by atomic mass is 9.80. The van der Waals surface area contributed by atoms with Crippen molar-refractivity contribution in [1.82, 2.24) is 10.2 Å². The number of rotatable bonds is 4. The molecule has 0 heterocycles. The quantitative estimate of drug-likeness (QED) is 0.822. The Morgan fingerprint density at radius 3 is 2.53 bits per heavy atom. The molecule has 110 valence electrons. The molecule has 0 aromatic heterocycles. The van der Waals surface area contributed by atoms with Crippen molar-refractivity contribution in [2.75, 3.05) is 13.6 Å². The number of hydrogen-bond donors (Lipinski definition) is 2. The first-order valence-electron chi connectivity index (χ1n) is 7.77. The Hall–Kier alpha value is -0.770. The first kappa shape index (κ1) is 14.6. The molecule has 2 fully saturated rings. The highest BCUT2D eigenvalue weighted by atomic mass is 16.3. The zero-order valence-electron chi connectivity index (χ0n) is 12.3. The van der Waals surface area contributed by atoms with Crippen molar-refractivity contribution >= 4 is 6.03 Å². The van der Waals surface area contributed by atoms with Crippen LogP contribution in [0.3, 0.4) is 0 Å². The lowest BCUT2D eigenvalue weighted by Gasteiger charge is -2.35. The maximum absolute atomic E-state index is 12.1. The monoisotopic (exact) mass is 268 g/mol. The molecule has 2 N–H and O–H groups in total. The molecule has 2 rings (SSSR count). The number of urea groups is 1. The van der Waals surface area contributed by atoms with Gasteiger partial charge in [0.1, 0.15) is 0 Å². The molecule has 2 saturated carbocycles. The average Bonchev–Trinajstić information content (AvgIpc) is 2.29. The van der Waals surface area contributed by atoms with E-state index >= 15 is 0 Å². The molecule has 2 amide bonds. The van der Waals surface area contributed by atoms with Crippen LogP contribution >= 0.6 is 0 Å². The lowest BCUT2D eigenvalue weighted by Crippen LogP contribution is -2.48. The van der Waals surface area contributed by atoms with E-state index in [9.17, 15) is 9.90 Å². The van der Waals surface area contributed by atoms with Gasteiger partial charge in [-0.25, -0.2) is 4.79 Å². The van der Waals surface area contributed by atoms with Gasteiger partial charge in [-0.2, -0.15) is 0 Å². The second-order valence-electron chi connectivity index (χ2n) is 6.42. The van der Waals surface area contributed by atoms with E-state index in [4.69, 9.17) is 0 Å². The third-order valence-corrected chi connectivity index (χ3v) is 4.93. The number of carbonyl (C=O) groups excluding carboxylic acids is 1. The normalized spacial score (nSPS) is 29.4. The summed E-state index contributed by atoms with van der Waals surface area (Å²) in [6.07, 6.45) is 7.78. The van der Waals surface area contributed by atoms with Crippen LogP contribution in [0, 0.1) is 11.8 Å². The minimum absolute atomic E-state index is 0.0113. The molecule has 0 radical (unpaired) electrons. The molecule has 0 aromatic carbocycles. The third-order valence-electron chi connectivity index (χ3n) is 4.93. The molecule has 0 spiro atoms. The highest BCUT2D eigenvalue weighted by Gasteiger charge is 2.28. The number of carbonyl (C=O) groups is 1. The summed E-state index contributed by atoms with van der Waals surface area (Å²) in [5, 5.41) is 13.0. The fourth-order valence-electron chi connectivity index (χ4n) is 3.20. The van der Waals surface area contributed by atoms with Gasteiger partial charge in [-0.1, -0.05) is 19.3 Å².